The molecule has 0 radical (unpaired) electrons. The van der Waals surface area contributed by atoms with Crippen molar-refractivity contribution in [2.24, 2.45) is 17.1 Å². The number of nitrogens with one attached hydrogen (secondary N) is 1. The van der Waals surface area contributed by atoms with Gasteiger partial charge in [0.15, 0.2) is 0 Å². The number of hydrogen-bond acceptors (Lipinski definition) is 3. The molecule has 1 atom stereocenters. The summed E-state index contributed by atoms with van der Waals surface area (Å²) in [5.74, 6) is 6.30. The number of aromatic nitrogens is 1. The molecule has 0 aromatic carbocycles. The maximum Gasteiger partial charge on any atom is 0.229 e. The van der Waals surface area contributed by atoms with Gasteiger partial charge in [-0.3, -0.25) is 4.79 Å². The lowest BCUT2D eigenvalue weighted by atomic mass is 9.81. The van der Waals surface area contributed by atoms with Crippen LogP contribution in [0, 0.1) is 23.2 Å². The molecule has 1 aliphatic carbocycles. The fourth-order valence-electron chi connectivity index (χ4n) is 2.74. The number of nitrogens with zero attached hydrogens (tertiary/aromatic N) is 1. The molecule has 106 valence electrons. The topological polar surface area (TPSA) is 68.0 Å². The van der Waals surface area contributed by atoms with Gasteiger partial charge in [-0.25, -0.2) is 4.98 Å². The Morgan fingerprint density at radius 2 is 2.35 bits per heavy atom. The van der Waals surface area contributed by atoms with Gasteiger partial charge < -0.3 is 11.1 Å². The molecule has 0 bridgehead atoms. The molecule has 1 heterocycles. The summed E-state index contributed by atoms with van der Waals surface area (Å²) < 4.78 is 0. The van der Waals surface area contributed by atoms with Gasteiger partial charge in [-0.1, -0.05) is 32.3 Å². The van der Waals surface area contributed by atoms with Crippen LogP contribution in [0.1, 0.15) is 38.8 Å². The maximum absolute atomic E-state index is 12.3. The summed E-state index contributed by atoms with van der Waals surface area (Å²) in [4.78, 5) is 16.7. The third kappa shape index (κ3) is 3.37. The monoisotopic (exact) mass is 271 g/mol. The highest BCUT2D eigenvalue weighted by Gasteiger charge is 2.39. The molecule has 4 nitrogen and oxygen atoms in total. The second-order valence-electron chi connectivity index (χ2n) is 5.84. The number of carbonyl (C=O) groups excluding carboxylic acids is 1. The van der Waals surface area contributed by atoms with Gasteiger partial charge in [0.1, 0.15) is 11.5 Å². The molecule has 0 spiro atoms. The Morgan fingerprint density at radius 3 is 3.00 bits per heavy atom. The van der Waals surface area contributed by atoms with Crippen molar-refractivity contribution in [3.63, 3.8) is 0 Å². The average molecular weight is 271 g/mol. The predicted octanol–water partition coefficient (Wildman–Crippen LogP) is 2.16. The molecule has 1 aromatic heterocycles. The normalized spacial score (nSPS) is 20.1. The van der Waals surface area contributed by atoms with Gasteiger partial charge in [-0.2, -0.15) is 0 Å². The first-order valence-electron chi connectivity index (χ1n) is 7.00. The van der Waals surface area contributed by atoms with E-state index < -0.39 is 0 Å². The summed E-state index contributed by atoms with van der Waals surface area (Å²) in [5, 5.41) is 2.91. The first-order valence-corrected chi connectivity index (χ1v) is 7.00. The molecule has 4 heteroatoms. The number of rotatable bonds is 2. The molecule has 20 heavy (non-hydrogen) atoms. The molecular weight excluding hydrogens is 250 g/mol. The van der Waals surface area contributed by atoms with Crippen molar-refractivity contribution >= 4 is 11.7 Å². The first-order chi connectivity index (χ1) is 9.53. The van der Waals surface area contributed by atoms with Gasteiger partial charge in [-0.15, -0.1) is 0 Å². The van der Waals surface area contributed by atoms with Crippen molar-refractivity contribution in [3.8, 4) is 11.8 Å². The molecule has 1 aromatic rings. The minimum Gasteiger partial charge on any atom is -0.320 e. The van der Waals surface area contributed by atoms with Crippen LogP contribution >= 0.6 is 0 Å². The lowest BCUT2D eigenvalue weighted by molar-refractivity contribution is -0.122. The van der Waals surface area contributed by atoms with Gasteiger partial charge >= 0.3 is 0 Å². The van der Waals surface area contributed by atoms with E-state index in [-0.39, 0.29) is 17.2 Å². The van der Waals surface area contributed by atoms with Crippen LogP contribution in [0.15, 0.2) is 18.2 Å². The van der Waals surface area contributed by atoms with Crippen molar-refractivity contribution in [1.82, 2.24) is 4.98 Å². The van der Waals surface area contributed by atoms with E-state index in [0.29, 0.717) is 18.1 Å². The van der Waals surface area contributed by atoms with E-state index in [1.807, 2.05) is 6.07 Å². The van der Waals surface area contributed by atoms with E-state index in [1.165, 1.54) is 0 Å². The van der Waals surface area contributed by atoms with Crippen LogP contribution in [0.5, 0.6) is 0 Å². The van der Waals surface area contributed by atoms with Gasteiger partial charge in [0, 0.05) is 5.92 Å². The van der Waals surface area contributed by atoms with Crippen LogP contribution in [0.2, 0.25) is 0 Å². The van der Waals surface area contributed by atoms with Crippen LogP contribution in [0.3, 0.4) is 0 Å². The highest BCUT2D eigenvalue weighted by molar-refractivity contribution is 5.92. The summed E-state index contributed by atoms with van der Waals surface area (Å²) in [7, 11) is 0. The third-order valence-electron chi connectivity index (χ3n) is 3.89. The van der Waals surface area contributed by atoms with E-state index >= 15 is 0 Å². The van der Waals surface area contributed by atoms with Crippen LogP contribution in [0.25, 0.3) is 0 Å². The summed E-state index contributed by atoms with van der Waals surface area (Å²) in [5.41, 5.74) is 6.03. The van der Waals surface area contributed by atoms with Gasteiger partial charge in [0.05, 0.1) is 6.54 Å². The van der Waals surface area contributed by atoms with Crippen LogP contribution in [-0.2, 0) is 4.79 Å². The second kappa shape index (κ2) is 6.06. The molecule has 0 aliphatic heterocycles. The van der Waals surface area contributed by atoms with Crippen molar-refractivity contribution in [1.29, 1.82) is 0 Å². The standard InChI is InChI=1S/C16H21N3O/c1-16(2)10-4-8-13(16)15(20)19-14-9-3-6-12(18-14)7-5-11-17/h3,6,9,13H,4,8,10-11,17H2,1-2H3,(H,18,19,20). The average Bonchev–Trinajstić information content (AvgIpc) is 2.76. The van der Waals surface area contributed by atoms with E-state index in [2.05, 4.69) is 36.0 Å². The number of hydrogen-bond donors (Lipinski definition) is 2. The summed E-state index contributed by atoms with van der Waals surface area (Å²) in [6, 6.07) is 5.42. The smallest absolute Gasteiger partial charge is 0.229 e. The number of pyridine rings is 1. The van der Waals surface area contributed by atoms with Gasteiger partial charge in [0.2, 0.25) is 5.91 Å². The highest BCUT2D eigenvalue weighted by atomic mass is 16.2. The molecule has 1 amide bonds. The molecule has 1 fully saturated rings. The summed E-state index contributed by atoms with van der Waals surface area (Å²) in [6.07, 6.45) is 3.16. The fourth-order valence-corrected chi connectivity index (χ4v) is 2.74. The largest absolute Gasteiger partial charge is 0.320 e. The minimum absolute atomic E-state index is 0.0584. The zero-order valence-electron chi connectivity index (χ0n) is 12.1. The van der Waals surface area contributed by atoms with E-state index in [9.17, 15) is 4.79 Å². The zero-order chi connectivity index (χ0) is 14.6. The summed E-state index contributed by atoms with van der Waals surface area (Å²) in [6.45, 7) is 4.61. The lowest BCUT2D eigenvalue weighted by Crippen LogP contribution is -2.31. The first kappa shape index (κ1) is 14.5. The summed E-state index contributed by atoms with van der Waals surface area (Å²) >= 11 is 0. The molecule has 1 saturated carbocycles. The Balaban J connectivity index is 2.08. The van der Waals surface area contributed by atoms with Crippen LogP contribution in [-0.4, -0.2) is 17.4 Å². The molecule has 1 unspecified atom stereocenters. The molecular formula is C16H21N3O. The Labute approximate surface area is 120 Å². The van der Waals surface area contributed by atoms with Crippen molar-refractivity contribution in [2.45, 2.75) is 33.1 Å². The number of amides is 1. The van der Waals surface area contributed by atoms with Crippen molar-refractivity contribution in [3.05, 3.63) is 23.9 Å². The van der Waals surface area contributed by atoms with E-state index in [1.54, 1.807) is 12.1 Å². The number of carbonyl (C=O) groups is 1. The Morgan fingerprint density at radius 1 is 1.55 bits per heavy atom. The molecule has 2 rings (SSSR count). The number of nitrogens with two attached hydrogens (primary N) is 1. The zero-order valence-corrected chi connectivity index (χ0v) is 12.1. The van der Waals surface area contributed by atoms with Crippen LogP contribution in [0.4, 0.5) is 5.82 Å². The SMILES string of the molecule is CC1(C)CCCC1C(=O)Nc1cccc(C#CCN)n1. The molecule has 3 N–H and O–H groups in total. The fraction of sp³-hybridized carbons (Fsp3) is 0.500. The Bertz CT molecular complexity index is 554. The Hall–Kier alpha value is -1.86. The van der Waals surface area contributed by atoms with Crippen molar-refractivity contribution < 1.29 is 4.79 Å². The molecule has 0 saturated heterocycles. The molecule has 1 aliphatic rings. The highest BCUT2D eigenvalue weighted by Crippen LogP contribution is 2.42. The predicted molar refractivity (Wildman–Crippen MR) is 79.9 cm³/mol. The Kier molecular flexibility index (Phi) is 4.41. The quantitative estimate of drug-likeness (QED) is 0.810. The van der Waals surface area contributed by atoms with E-state index in [4.69, 9.17) is 5.73 Å². The van der Waals surface area contributed by atoms with Gasteiger partial charge in [-0.05, 0) is 36.3 Å². The van der Waals surface area contributed by atoms with E-state index in [0.717, 1.165) is 19.3 Å². The third-order valence-corrected chi connectivity index (χ3v) is 3.89. The number of anilines is 1. The second-order valence-corrected chi connectivity index (χ2v) is 5.84. The maximum atomic E-state index is 12.3. The van der Waals surface area contributed by atoms with Crippen molar-refractivity contribution in [2.75, 3.05) is 11.9 Å². The minimum atomic E-state index is 0.0584. The lowest BCUT2D eigenvalue weighted by Gasteiger charge is -2.25. The van der Waals surface area contributed by atoms with Crippen LogP contribution < -0.4 is 11.1 Å². The van der Waals surface area contributed by atoms with Gasteiger partial charge in [0.25, 0.3) is 0 Å².